The number of aryl methyl sites for hydroxylation is 1. The van der Waals surface area contributed by atoms with Crippen LogP contribution in [-0.2, 0) is 16.9 Å². The van der Waals surface area contributed by atoms with Gasteiger partial charge in [0, 0.05) is 29.9 Å². The molecule has 1 amide bonds. The van der Waals surface area contributed by atoms with Crippen molar-refractivity contribution in [1.29, 1.82) is 0 Å². The number of thioether (sulfide) groups is 1. The van der Waals surface area contributed by atoms with Gasteiger partial charge < -0.3 is 10.1 Å². The van der Waals surface area contributed by atoms with Crippen LogP contribution in [0.2, 0.25) is 0 Å². The minimum atomic E-state index is -0.306. The van der Waals surface area contributed by atoms with Gasteiger partial charge in [-0.1, -0.05) is 0 Å². The molecule has 1 saturated heterocycles. The van der Waals surface area contributed by atoms with Crippen LogP contribution in [0.5, 0.6) is 0 Å². The molecule has 8 nitrogen and oxygen atoms in total. The number of amides is 1. The molecular formula is C18H21N5O3S. The summed E-state index contributed by atoms with van der Waals surface area (Å²) in [6.07, 6.45) is 3.16. The van der Waals surface area contributed by atoms with Crippen LogP contribution < -0.4 is 10.9 Å². The molecule has 3 aliphatic rings. The van der Waals surface area contributed by atoms with E-state index in [4.69, 9.17) is 4.74 Å². The first-order chi connectivity index (χ1) is 13.2. The molecular weight excluding hydrogens is 366 g/mol. The Morgan fingerprint density at radius 1 is 1.33 bits per heavy atom. The molecule has 2 N–H and O–H groups in total. The molecule has 2 aromatic heterocycles. The third kappa shape index (κ3) is 3.29. The number of aromatic amines is 1. The first-order valence-corrected chi connectivity index (χ1v) is 10.5. The molecule has 5 rings (SSSR count). The fourth-order valence-corrected chi connectivity index (χ4v) is 4.64. The van der Waals surface area contributed by atoms with Crippen LogP contribution in [0.1, 0.15) is 52.2 Å². The van der Waals surface area contributed by atoms with Gasteiger partial charge in [-0.3, -0.25) is 14.7 Å². The van der Waals surface area contributed by atoms with Gasteiger partial charge in [-0.15, -0.1) is 0 Å². The van der Waals surface area contributed by atoms with E-state index in [1.807, 2.05) is 17.8 Å². The Morgan fingerprint density at radius 3 is 3.07 bits per heavy atom. The Labute approximate surface area is 160 Å². The quantitative estimate of drug-likeness (QED) is 0.812. The van der Waals surface area contributed by atoms with Gasteiger partial charge >= 0.3 is 0 Å². The highest BCUT2D eigenvalue weighted by molar-refractivity contribution is 7.98. The Balaban J connectivity index is 1.35. The second-order valence-corrected chi connectivity index (χ2v) is 8.47. The standard InChI is InChI=1S/C18H21N5O3S/c24-17-5-11-9-27-4-3-12(11)22-23(17)16-8-26-7-15(16)19-18(25)14-6-13(20-21-14)10-1-2-10/h5-6,10,15-16H,1-4,7-9H2,(H,19,25)(H,20,21). The van der Waals surface area contributed by atoms with Crippen LogP contribution in [0.15, 0.2) is 16.9 Å². The van der Waals surface area contributed by atoms with Crippen LogP contribution in [0.4, 0.5) is 0 Å². The average Bonchev–Trinajstić information content (AvgIpc) is 3.22. The minimum absolute atomic E-state index is 0.137. The van der Waals surface area contributed by atoms with E-state index in [2.05, 4.69) is 20.6 Å². The minimum Gasteiger partial charge on any atom is -0.377 e. The number of rotatable bonds is 4. The van der Waals surface area contributed by atoms with Gasteiger partial charge in [0.15, 0.2) is 0 Å². The molecule has 2 aromatic rings. The zero-order chi connectivity index (χ0) is 18.4. The van der Waals surface area contributed by atoms with Gasteiger partial charge in [0.1, 0.15) is 11.7 Å². The molecule has 1 aliphatic carbocycles. The number of nitrogens with one attached hydrogen (secondary N) is 2. The van der Waals surface area contributed by atoms with Crippen molar-refractivity contribution in [1.82, 2.24) is 25.3 Å². The largest absolute Gasteiger partial charge is 0.377 e. The van der Waals surface area contributed by atoms with Gasteiger partial charge in [0.25, 0.3) is 11.5 Å². The van der Waals surface area contributed by atoms with E-state index in [1.165, 1.54) is 4.68 Å². The number of fused-ring (bicyclic) bond motifs is 1. The van der Waals surface area contributed by atoms with Crippen LogP contribution in [-0.4, -0.2) is 50.9 Å². The highest BCUT2D eigenvalue weighted by atomic mass is 32.2. The molecule has 27 heavy (non-hydrogen) atoms. The van der Waals surface area contributed by atoms with Crippen molar-refractivity contribution in [3.8, 4) is 0 Å². The smallest absolute Gasteiger partial charge is 0.272 e. The van der Waals surface area contributed by atoms with Gasteiger partial charge in [0.2, 0.25) is 0 Å². The molecule has 2 atom stereocenters. The van der Waals surface area contributed by atoms with E-state index in [0.717, 1.165) is 47.7 Å². The SMILES string of the molecule is O=C(NC1COCC1n1nc2c(cc1=O)CSCC2)c1cc(C2CC2)[nH]n1. The first kappa shape index (κ1) is 17.0. The lowest BCUT2D eigenvalue weighted by Gasteiger charge is -2.22. The summed E-state index contributed by atoms with van der Waals surface area (Å²) in [5, 5.41) is 14.6. The van der Waals surface area contributed by atoms with Gasteiger partial charge in [-0.05, 0) is 30.2 Å². The lowest BCUT2D eigenvalue weighted by atomic mass is 10.1. The molecule has 2 fully saturated rings. The average molecular weight is 387 g/mol. The van der Waals surface area contributed by atoms with Crippen molar-refractivity contribution in [2.75, 3.05) is 19.0 Å². The van der Waals surface area contributed by atoms with E-state index in [1.54, 1.807) is 6.07 Å². The zero-order valence-corrected chi connectivity index (χ0v) is 15.6. The van der Waals surface area contributed by atoms with Crippen LogP contribution in [0, 0.1) is 0 Å². The van der Waals surface area contributed by atoms with Gasteiger partial charge in [-0.25, -0.2) is 4.68 Å². The maximum Gasteiger partial charge on any atom is 0.272 e. The summed E-state index contributed by atoms with van der Waals surface area (Å²) in [5.74, 6) is 2.11. The molecule has 0 bridgehead atoms. The van der Waals surface area contributed by atoms with Crippen molar-refractivity contribution in [2.45, 2.75) is 43.0 Å². The molecule has 4 heterocycles. The van der Waals surface area contributed by atoms with Gasteiger partial charge in [0.05, 0.1) is 24.9 Å². The normalized spacial score (nSPS) is 24.6. The molecule has 2 aliphatic heterocycles. The maximum absolute atomic E-state index is 12.6. The lowest BCUT2D eigenvalue weighted by Crippen LogP contribution is -2.44. The monoisotopic (exact) mass is 387 g/mol. The van der Waals surface area contributed by atoms with E-state index in [9.17, 15) is 9.59 Å². The third-order valence-electron chi connectivity index (χ3n) is 5.39. The van der Waals surface area contributed by atoms with Crippen LogP contribution in [0.3, 0.4) is 0 Å². The number of aromatic nitrogens is 4. The summed E-state index contributed by atoms with van der Waals surface area (Å²) < 4.78 is 7.06. The zero-order valence-electron chi connectivity index (χ0n) is 14.8. The number of hydrogen-bond donors (Lipinski definition) is 2. The van der Waals surface area contributed by atoms with E-state index in [0.29, 0.717) is 24.8 Å². The predicted molar refractivity (Wildman–Crippen MR) is 100 cm³/mol. The number of ether oxygens (including phenoxy) is 1. The maximum atomic E-state index is 12.6. The molecule has 0 spiro atoms. The highest BCUT2D eigenvalue weighted by Crippen LogP contribution is 2.39. The summed E-state index contributed by atoms with van der Waals surface area (Å²) in [5.41, 5.74) is 3.26. The topological polar surface area (TPSA) is 102 Å². The van der Waals surface area contributed by atoms with Crippen LogP contribution in [0.25, 0.3) is 0 Å². The second kappa shape index (κ2) is 6.79. The Bertz CT molecular complexity index is 935. The van der Waals surface area contributed by atoms with E-state index in [-0.39, 0.29) is 23.6 Å². The van der Waals surface area contributed by atoms with Crippen LogP contribution >= 0.6 is 11.8 Å². The fourth-order valence-electron chi connectivity index (χ4n) is 3.69. The Hall–Kier alpha value is -2.13. The summed E-state index contributed by atoms with van der Waals surface area (Å²) in [7, 11) is 0. The Kier molecular flexibility index (Phi) is 4.28. The van der Waals surface area contributed by atoms with E-state index >= 15 is 0 Å². The van der Waals surface area contributed by atoms with E-state index < -0.39 is 0 Å². The van der Waals surface area contributed by atoms with Crippen molar-refractivity contribution >= 4 is 17.7 Å². The number of nitrogens with zero attached hydrogens (tertiary/aromatic N) is 3. The van der Waals surface area contributed by atoms with Crippen molar-refractivity contribution in [3.63, 3.8) is 0 Å². The number of carbonyl (C=O) groups is 1. The fraction of sp³-hybridized carbons (Fsp3) is 0.556. The van der Waals surface area contributed by atoms with Gasteiger partial charge in [-0.2, -0.15) is 22.0 Å². The number of hydrogen-bond acceptors (Lipinski definition) is 6. The number of carbonyl (C=O) groups excluding carboxylic acids is 1. The third-order valence-corrected chi connectivity index (χ3v) is 6.40. The lowest BCUT2D eigenvalue weighted by molar-refractivity contribution is 0.0919. The second-order valence-electron chi connectivity index (χ2n) is 7.37. The summed E-state index contributed by atoms with van der Waals surface area (Å²) in [6.45, 7) is 0.719. The molecule has 0 radical (unpaired) electrons. The molecule has 9 heteroatoms. The molecule has 0 aromatic carbocycles. The Morgan fingerprint density at radius 2 is 2.22 bits per heavy atom. The van der Waals surface area contributed by atoms with Crippen molar-refractivity contribution < 1.29 is 9.53 Å². The van der Waals surface area contributed by atoms with Crippen molar-refractivity contribution in [3.05, 3.63) is 45.1 Å². The first-order valence-electron chi connectivity index (χ1n) is 9.32. The highest BCUT2D eigenvalue weighted by Gasteiger charge is 2.34. The molecule has 2 unspecified atom stereocenters. The van der Waals surface area contributed by atoms with Crippen molar-refractivity contribution in [2.24, 2.45) is 0 Å². The summed E-state index contributed by atoms with van der Waals surface area (Å²) in [4.78, 5) is 25.2. The summed E-state index contributed by atoms with van der Waals surface area (Å²) >= 11 is 1.82. The predicted octanol–water partition coefficient (Wildman–Crippen LogP) is 1.00. The molecule has 142 valence electrons. The number of H-pyrrole nitrogens is 1. The summed E-state index contributed by atoms with van der Waals surface area (Å²) in [6, 6.07) is 2.89. The molecule has 1 saturated carbocycles.